The summed E-state index contributed by atoms with van der Waals surface area (Å²) in [6.07, 6.45) is 0.281. The summed E-state index contributed by atoms with van der Waals surface area (Å²) in [5.41, 5.74) is 0.559. The molecule has 32 heavy (non-hydrogen) atoms. The SMILES string of the molecule is COCCN1C(=O)[C@@H]2[C@H](Cc3ccc(O)c(O)c3)N[C@]3(C(=O)Nc4ccccc43)[C@H]2C1=O. The summed E-state index contributed by atoms with van der Waals surface area (Å²) in [4.78, 5) is 41.4. The number of para-hydroxylation sites is 1. The van der Waals surface area contributed by atoms with Gasteiger partial charge in [-0.2, -0.15) is 0 Å². The number of benzene rings is 2. The topological polar surface area (TPSA) is 128 Å². The molecule has 0 radical (unpaired) electrons. The van der Waals surface area contributed by atoms with Gasteiger partial charge >= 0.3 is 0 Å². The molecule has 1 spiro atoms. The van der Waals surface area contributed by atoms with E-state index in [4.69, 9.17) is 4.74 Å². The molecule has 4 atom stereocenters. The molecule has 4 N–H and O–H groups in total. The fourth-order valence-electron chi connectivity index (χ4n) is 5.35. The van der Waals surface area contributed by atoms with Gasteiger partial charge in [-0.15, -0.1) is 0 Å². The van der Waals surface area contributed by atoms with Gasteiger partial charge in [0.05, 0.1) is 25.0 Å². The molecule has 3 aliphatic rings. The highest BCUT2D eigenvalue weighted by molar-refractivity contribution is 6.15. The number of anilines is 1. The Kier molecular flexibility index (Phi) is 4.68. The number of hydrogen-bond acceptors (Lipinski definition) is 7. The van der Waals surface area contributed by atoms with Gasteiger partial charge in [0.15, 0.2) is 11.5 Å². The number of nitrogens with zero attached hydrogens (tertiary/aromatic N) is 1. The zero-order valence-electron chi connectivity index (χ0n) is 17.4. The maximum atomic E-state index is 13.5. The van der Waals surface area contributed by atoms with E-state index in [9.17, 15) is 24.6 Å². The molecule has 5 rings (SSSR count). The van der Waals surface area contributed by atoms with Crippen LogP contribution in [0.5, 0.6) is 11.5 Å². The van der Waals surface area contributed by atoms with Crippen molar-refractivity contribution in [1.29, 1.82) is 0 Å². The maximum Gasteiger partial charge on any atom is 0.250 e. The summed E-state index contributed by atoms with van der Waals surface area (Å²) < 4.78 is 5.07. The number of carbonyl (C=O) groups is 3. The number of nitrogens with one attached hydrogen (secondary N) is 2. The first-order valence-corrected chi connectivity index (χ1v) is 10.4. The minimum Gasteiger partial charge on any atom is -0.504 e. The van der Waals surface area contributed by atoms with Crippen LogP contribution < -0.4 is 10.6 Å². The molecule has 9 nitrogen and oxygen atoms in total. The molecular formula is C23H23N3O6. The molecule has 9 heteroatoms. The van der Waals surface area contributed by atoms with E-state index in [0.717, 1.165) is 0 Å². The number of hydrogen-bond donors (Lipinski definition) is 4. The molecule has 3 aliphatic heterocycles. The van der Waals surface area contributed by atoms with Gasteiger partial charge in [0.1, 0.15) is 5.54 Å². The van der Waals surface area contributed by atoms with E-state index in [1.165, 1.54) is 24.1 Å². The summed E-state index contributed by atoms with van der Waals surface area (Å²) in [5.74, 6) is -3.27. The van der Waals surface area contributed by atoms with Crippen molar-refractivity contribution in [3.8, 4) is 11.5 Å². The number of imide groups is 1. The van der Waals surface area contributed by atoms with Gasteiger partial charge in [0.25, 0.3) is 0 Å². The number of phenolic OH excluding ortho intramolecular Hbond substituents is 2. The summed E-state index contributed by atoms with van der Waals surface area (Å²) in [6, 6.07) is 11.1. The van der Waals surface area contributed by atoms with Crippen LogP contribution in [0.15, 0.2) is 42.5 Å². The van der Waals surface area contributed by atoms with Crippen LogP contribution in [0.25, 0.3) is 0 Å². The first-order valence-electron chi connectivity index (χ1n) is 10.4. The molecule has 3 amide bonds. The molecule has 0 unspecified atom stereocenters. The number of fused-ring (bicyclic) bond motifs is 4. The van der Waals surface area contributed by atoms with Crippen LogP contribution in [0, 0.1) is 11.8 Å². The second-order valence-corrected chi connectivity index (χ2v) is 8.41. The van der Waals surface area contributed by atoms with Crippen molar-refractivity contribution in [2.75, 3.05) is 25.6 Å². The van der Waals surface area contributed by atoms with Gasteiger partial charge in [-0.05, 0) is 30.2 Å². The zero-order valence-corrected chi connectivity index (χ0v) is 17.4. The fourth-order valence-corrected chi connectivity index (χ4v) is 5.35. The van der Waals surface area contributed by atoms with Crippen molar-refractivity contribution in [2.45, 2.75) is 18.0 Å². The van der Waals surface area contributed by atoms with E-state index in [1.54, 1.807) is 30.3 Å². The Bertz CT molecular complexity index is 1130. The number of likely N-dealkylation sites (tertiary alicyclic amines) is 1. The fraction of sp³-hybridized carbons (Fsp3) is 0.348. The average molecular weight is 437 g/mol. The molecule has 0 bridgehead atoms. The molecule has 0 aliphatic carbocycles. The summed E-state index contributed by atoms with van der Waals surface area (Å²) in [5, 5.41) is 25.7. The first kappa shape index (κ1) is 20.5. The normalized spacial score (nSPS) is 28.3. The van der Waals surface area contributed by atoms with Gasteiger partial charge in [0.2, 0.25) is 17.7 Å². The van der Waals surface area contributed by atoms with Crippen LogP contribution in [0.3, 0.4) is 0 Å². The highest BCUT2D eigenvalue weighted by atomic mass is 16.5. The number of amides is 3. The third kappa shape index (κ3) is 2.74. The minimum atomic E-state index is -1.36. The first-order chi connectivity index (χ1) is 15.4. The lowest BCUT2D eigenvalue weighted by atomic mass is 9.76. The Morgan fingerprint density at radius 2 is 1.84 bits per heavy atom. The summed E-state index contributed by atoms with van der Waals surface area (Å²) in [7, 11) is 1.50. The quantitative estimate of drug-likeness (QED) is 0.401. The van der Waals surface area contributed by atoms with Crippen molar-refractivity contribution in [3.05, 3.63) is 53.6 Å². The number of aromatic hydroxyl groups is 2. The number of methoxy groups -OCH3 is 1. The van der Waals surface area contributed by atoms with Crippen molar-refractivity contribution in [2.24, 2.45) is 11.8 Å². The lowest BCUT2D eigenvalue weighted by Crippen LogP contribution is -2.53. The van der Waals surface area contributed by atoms with Crippen molar-refractivity contribution in [3.63, 3.8) is 0 Å². The molecule has 166 valence electrons. The second-order valence-electron chi connectivity index (χ2n) is 8.41. The Morgan fingerprint density at radius 1 is 1.06 bits per heavy atom. The van der Waals surface area contributed by atoms with Gasteiger partial charge in [-0.3, -0.25) is 24.6 Å². The molecule has 2 aromatic carbocycles. The van der Waals surface area contributed by atoms with Gasteiger partial charge in [-0.1, -0.05) is 24.3 Å². The van der Waals surface area contributed by atoms with Crippen LogP contribution in [0.1, 0.15) is 11.1 Å². The lowest BCUT2D eigenvalue weighted by molar-refractivity contribution is -0.143. The number of rotatable bonds is 5. The minimum absolute atomic E-state index is 0.118. The van der Waals surface area contributed by atoms with E-state index in [1.807, 2.05) is 0 Å². The third-order valence-electron chi connectivity index (χ3n) is 6.73. The molecule has 2 fully saturated rings. The molecular weight excluding hydrogens is 414 g/mol. The predicted octanol–water partition coefficient (Wildman–Crippen LogP) is 0.707. The molecule has 3 heterocycles. The lowest BCUT2D eigenvalue weighted by Gasteiger charge is -2.29. The third-order valence-corrected chi connectivity index (χ3v) is 6.73. The van der Waals surface area contributed by atoms with Gasteiger partial charge < -0.3 is 20.3 Å². The number of phenols is 2. The van der Waals surface area contributed by atoms with Crippen LogP contribution in [0.4, 0.5) is 5.69 Å². The van der Waals surface area contributed by atoms with E-state index in [-0.39, 0.29) is 42.9 Å². The number of ether oxygens (including phenoxy) is 1. The van der Waals surface area contributed by atoms with Crippen molar-refractivity contribution in [1.82, 2.24) is 10.2 Å². The number of carbonyl (C=O) groups excluding carboxylic acids is 3. The van der Waals surface area contributed by atoms with E-state index >= 15 is 0 Å². The van der Waals surface area contributed by atoms with E-state index in [2.05, 4.69) is 10.6 Å². The van der Waals surface area contributed by atoms with E-state index < -0.39 is 29.3 Å². The van der Waals surface area contributed by atoms with Gasteiger partial charge in [-0.25, -0.2) is 0 Å². The van der Waals surface area contributed by atoms with Gasteiger partial charge in [0, 0.05) is 24.4 Å². The van der Waals surface area contributed by atoms with Crippen LogP contribution >= 0.6 is 0 Å². The second kappa shape index (κ2) is 7.32. The smallest absolute Gasteiger partial charge is 0.250 e. The molecule has 0 saturated carbocycles. The zero-order chi connectivity index (χ0) is 22.6. The predicted molar refractivity (Wildman–Crippen MR) is 113 cm³/mol. The Hall–Kier alpha value is -3.43. The van der Waals surface area contributed by atoms with Crippen molar-refractivity contribution < 1.29 is 29.3 Å². The van der Waals surface area contributed by atoms with E-state index in [0.29, 0.717) is 16.8 Å². The van der Waals surface area contributed by atoms with Crippen LogP contribution in [0.2, 0.25) is 0 Å². The van der Waals surface area contributed by atoms with Crippen molar-refractivity contribution >= 4 is 23.4 Å². The monoisotopic (exact) mass is 437 g/mol. The highest BCUT2D eigenvalue weighted by Crippen LogP contribution is 2.53. The average Bonchev–Trinajstić information content (AvgIpc) is 3.34. The summed E-state index contributed by atoms with van der Waals surface area (Å²) >= 11 is 0. The Morgan fingerprint density at radius 3 is 2.59 bits per heavy atom. The molecule has 0 aromatic heterocycles. The maximum absolute atomic E-state index is 13.5. The standard InChI is InChI=1S/C23H23N3O6/c1-32-9-8-26-20(29)18-15(10-12-6-7-16(27)17(28)11-12)25-23(19(18)21(26)30)13-4-2-3-5-14(13)24-22(23)31/h2-7,11,15,18-19,25,27-28H,8-10H2,1H3,(H,24,31)/t15-,18+,19+,23-/m0/s1. The van der Waals surface area contributed by atoms with Crippen LogP contribution in [-0.4, -0.2) is 59.1 Å². The summed E-state index contributed by atoms with van der Waals surface area (Å²) in [6.45, 7) is 0.323. The molecule has 2 aromatic rings. The Labute approximate surface area is 184 Å². The van der Waals surface area contributed by atoms with Crippen LogP contribution in [-0.2, 0) is 31.1 Å². The Balaban J connectivity index is 1.59. The largest absolute Gasteiger partial charge is 0.504 e. The highest BCUT2D eigenvalue weighted by Gasteiger charge is 2.70. The molecule has 2 saturated heterocycles.